The molecule has 0 saturated carbocycles. The summed E-state index contributed by atoms with van der Waals surface area (Å²) in [6.45, 7) is 3.91. The molecule has 0 spiro atoms. The molecule has 0 heterocycles. The van der Waals surface area contributed by atoms with Crippen LogP contribution in [0.25, 0.3) is 0 Å². The highest BCUT2D eigenvalue weighted by Gasteiger charge is 2.14. The van der Waals surface area contributed by atoms with Gasteiger partial charge >= 0.3 is 0 Å². The zero-order valence-corrected chi connectivity index (χ0v) is 10.3. The maximum atomic E-state index is 11.7. The molecule has 0 aliphatic rings. The van der Waals surface area contributed by atoms with Gasteiger partial charge in [0.1, 0.15) is 0 Å². The standard InChI is InChI=1S/C11H17NO3S/c1-3-9-5-6-11(7-10(9)8-13)16(14,15)12-4-2/h5-7,12-13H,3-4,8H2,1-2H3. The van der Waals surface area contributed by atoms with Crippen LogP contribution in [0.1, 0.15) is 25.0 Å². The van der Waals surface area contributed by atoms with E-state index < -0.39 is 10.0 Å². The lowest BCUT2D eigenvalue weighted by Crippen LogP contribution is -2.23. The van der Waals surface area contributed by atoms with Crippen LogP contribution in [0, 0.1) is 0 Å². The van der Waals surface area contributed by atoms with Gasteiger partial charge in [-0.25, -0.2) is 13.1 Å². The molecule has 0 saturated heterocycles. The van der Waals surface area contributed by atoms with E-state index in [0.717, 1.165) is 12.0 Å². The van der Waals surface area contributed by atoms with E-state index in [1.54, 1.807) is 19.1 Å². The van der Waals surface area contributed by atoms with Gasteiger partial charge in [0.15, 0.2) is 0 Å². The van der Waals surface area contributed by atoms with Crippen molar-refractivity contribution in [2.75, 3.05) is 6.54 Å². The molecule has 0 radical (unpaired) electrons. The van der Waals surface area contributed by atoms with Gasteiger partial charge < -0.3 is 5.11 Å². The molecule has 0 bridgehead atoms. The molecule has 16 heavy (non-hydrogen) atoms. The minimum Gasteiger partial charge on any atom is -0.392 e. The molecule has 0 fully saturated rings. The van der Waals surface area contributed by atoms with Crippen LogP contribution in [0.15, 0.2) is 23.1 Å². The number of nitrogens with one attached hydrogen (secondary N) is 1. The average molecular weight is 243 g/mol. The van der Waals surface area contributed by atoms with Crippen LogP contribution >= 0.6 is 0 Å². The van der Waals surface area contributed by atoms with Crippen molar-refractivity contribution in [3.05, 3.63) is 29.3 Å². The normalized spacial score (nSPS) is 11.7. The lowest BCUT2D eigenvalue weighted by atomic mass is 10.1. The van der Waals surface area contributed by atoms with Crippen molar-refractivity contribution in [3.8, 4) is 0 Å². The Hall–Kier alpha value is -0.910. The van der Waals surface area contributed by atoms with Crippen molar-refractivity contribution in [1.29, 1.82) is 0 Å². The van der Waals surface area contributed by atoms with E-state index >= 15 is 0 Å². The Balaban J connectivity index is 3.18. The Bertz CT molecular complexity index is 454. The highest BCUT2D eigenvalue weighted by Crippen LogP contribution is 2.16. The second-order valence-corrected chi connectivity index (χ2v) is 5.21. The van der Waals surface area contributed by atoms with Gasteiger partial charge in [-0.05, 0) is 29.7 Å². The van der Waals surface area contributed by atoms with Gasteiger partial charge in [0.05, 0.1) is 11.5 Å². The molecule has 0 amide bonds. The lowest BCUT2D eigenvalue weighted by molar-refractivity contribution is 0.280. The third-order valence-corrected chi connectivity index (χ3v) is 3.92. The fourth-order valence-electron chi connectivity index (χ4n) is 1.53. The molecular formula is C11H17NO3S. The van der Waals surface area contributed by atoms with Crippen molar-refractivity contribution in [2.45, 2.75) is 31.8 Å². The van der Waals surface area contributed by atoms with Gasteiger partial charge in [-0.3, -0.25) is 0 Å². The van der Waals surface area contributed by atoms with Crippen LogP contribution in [0.5, 0.6) is 0 Å². The van der Waals surface area contributed by atoms with Gasteiger partial charge in [0, 0.05) is 6.54 Å². The van der Waals surface area contributed by atoms with Crippen molar-refractivity contribution < 1.29 is 13.5 Å². The quantitative estimate of drug-likeness (QED) is 0.812. The van der Waals surface area contributed by atoms with Gasteiger partial charge in [0.2, 0.25) is 10.0 Å². The van der Waals surface area contributed by atoms with Crippen LogP contribution < -0.4 is 4.72 Å². The monoisotopic (exact) mass is 243 g/mol. The Morgan fingerprint density at radius 1 is 1.25 bits per heavy atom. The molecule has 0 unspecified atom stereocenters. The van der Waals surface area contributed by atoms with Crippen molar-refractivity contribution >= 4 is 10.0 Å². The van der Waals surface area contributed by atoms with E-state index in [9.17, 15) is 8.42 Å². The number of sulfonamides is 1. The number of aliphatic hydroxyl groups excluding tert-OH is 1. The topological polar surface area (TPSA) is 66.4 Å². The largest absolute Gasteiger partial charge is 0.392 e. The number of hydrogen-bond acceptors (Lipinski definition) is 3. The maximum absolute atomic E-state index is 11.7. The Morgan fingerprint density at radius 2 is 1.94 bits per heavy atom. The predicted molar refractivity (Wildman–Crippen MR) is 62.6 cm³/mol. The summed E-state index contributed by atoms with van der Waals surface area (Å²) in [5, 5.41) is 9.15. The van der Waals surface area contributed by atoms with Crippen molar-refractivity contribution in [1.82, 2.24) is 4.72 Å². The molecule has 1 aromatic carbocycles. The zero-order valence-electron chi connectivity index (χ0n) is 9.53. The zero-order chi connectivity index (χ0) is 12.2. The van der Waals surface area contributed by atoms with E-state index in [2.05, 4.69) is 4.72 Å². The van der Waals surface area contributed by atoms with Crippen LogP contribution in [0.2, 0.25) is 0 Å². The molecule has 0 atom stereocenters. The molecule has 0 aromatic heterocycles. The van der Waals surface area contributed by atoms with E-state index in [1.165, 1.54) is 6.07 Å². The van der Waals surface area contributed by atoms with E-state index in [0.29, 0.717) is 12.1 Å². The molecule has 1 rings (SSSR count). The molecule has 0 aliphatic carbocycles. The molecular weight excluding hydrogens is 226 g/mol. The van der Waals surface area contributed by atoms with E-state index in [1.807, 2.05) is 6.92 Å². The number of aliphatic hydroxyl groups is 1. The van der Waals surface area contributed by atoms with Crippen molar-refractivity contribution in [3.63, 3.8) is 0 Å². The minimum atomic E-state index is -3.43. The second-order valence-electron chi connectivity index (χ2n) is 3.44. The molecule has 0 aliphatic heterocycles. The summed E-state index contributed by atoms with van der Waals surface area (Å²) >= 11 is 0. The molecule has 2 N–H and O–H groups in total. The fourth-order valence-corrected chi connectivity index (χ4v) is 2.63. The Kier molecular flexibility index (Phi) is 4.46. The number of hydrogen-bond donors (Lipinski definition) is 2. The average Bonchev–Trinajstić information content (AvgIpc) is 2.28. The van der Waals surface area contributed by atoms with Crippen LogP contribution in [0.4, 0.5) is 0 Å². The third kappa shape index (κ3) is 2.81. The second kappa shape index (κ2) is 5.43. The lowest BCUT2D eigenvalue weighted by Gasteiger charge is -2.09. The summed E-state index contributed by atoms with van der Waals surface area (Å²) in [4.78, 5) is 0.204. The first kappa shape index (κ1) is 13.2. The minimum absolute atomic E-state index is 0.140. The summed E-state index contributed by atoms with van der Waals surface area (Å²) in [6, 6.07) is 4.84. The number of aryl methyl sites for hydroxylation is 1. The molecule has 5 heteroatoms. The first-order valence-electron chi connectivity index (χ1n) is 5.27. The smallest absolute Gasteiger partial charge is 0.240 e. The molecule has 4 nitrogen and oxygen atoms in total. The summed E-state index contributed by atoms with van der Waals surface area (Å²) in [7, 11) is -3.43. The van der Waals surface area contributed by atoms with Crippen LogP contribution in [-0.4, -0.2) is 20.1 Å². The first-order chi connectivity index (χ1) is 7.55. The highest BCUT2D eigenvalue weighted by atomic mass is 32.2. The van der Waals surface area contributed by atoms with Gasteiger partial charge in [0.25, 0.3) is 0 Å². The van der Waals surface area contributed by atoms with E-state index in [4.69, 9.17) is 5.11 Å². The van der Waals surface area contributed by atoms with Gasteiger partial charge in [-0.15, -0.1) is 0 Å². The summed E-state index contributed by atoms with van der Waals surface area (Å²) in [6.07, 6.45) is 0.775. The fraction of sp³-hybridized carbons (Fsp3) is 0.455. The predicted octanol–water partition coefficient (Wildman–Crippen LogP) is 1.04. The highest BCUT2D eigenvalue weighted by molar-refractivity contribution is 7.89. The van der Waals surface area contributed by atoms with Crippen LogP contribution in [0.3, 0.4) is 0 Å². The molecule has 90 valence electrons. The number of benzene rings is 1. The summed E-state index contributed by atoms with van der Waals surface area (Å²) < 4.78 is 25.8. The third-order valence-electron chi connectivity index (χ3n) is 2.37. The molecule has 1 aromatic rings. The Morgan fingerprint density at radius 3 is 2.44 bits per heavy atom. The van der Waals surface area contributed by atoms with Crippen LogP contribution in [-0.2, 0) is 23.1 Å². The summed E-state index contributed by atoms with van der Waals surface area (Å²) in [5.74, 6) is 0. The first-order valence-corrected chi connectivity index (χ1v) is 6.75. The summed E-state index contributed by atoms with van der Waals surface area (Å²) in [5.41, 5.74) is 1.64. The SMILES string of the molecule is CCNS(=O)(=O)c1ccc(CC)c(CO)c1. The number of rotatable bonds is 5. The van der Waals surface area contributed by atoms with Crippen molar-refractivity contribution in [2.24, 2.45) is 0 Å². The Labute approximate surface area is 96.4 Å². The van der Waals surface area contributed by atoms with Gasteiger partial charge in [-0.2, -0.15) is 0 Å². The maximum Gasteiger partial charge on any atom is 0.240 e. The van der Waals surface area contributed by atoms with Gasteiger partial charge in [-0.1, -0.05) is 19.9 Å². The van der Waals surface area contributed by atoms with E-state index in [-0.39, 0.29) is 11.5 Å².